The number of urea groups is 1. The van der Waals surface area contributed by atoms with Crippen molar-refractivity contribution < 1.29 is 28.7 Å². The molecule has 41 heavy (non-hydrogen) atoms. The fourth-order valence-electron chi connectivity index (χ4n) is 5.88. The summed E-state index contributed by atoms with van der Waals surface area (Å²) < 4.78 is 10.4. The van der Waals surface area contributed by atoms with Gasteiger partial charge in [-0.05, 0) is 67.9 Å². The number of benzene rings is 2. The SMILES string of the molecule is CCN1CCC(C(=O)OC)(c2ccc(C#CC3(CCN4Cc5ccc(OC)cc5C4=O)NC(=O)NC3=O)cc2)CC1. The number of hydrogen-bond donors (Lipinski definition) is 2. The molecule has 3 heterocycles. The first-order valence-corrected chi connectivity index (χ1v) is 13.8. The van der Waals surface area contributed by atoms with E-state index in [1.807, 2.05) is 30.3 Å². The number of carbonyl (C=O) groups excluding carboxylic acids is 4. The molecule has 0 radical (unpaired) electrons. The van der Waals surface area contributed by atoms with Gasteiger partial charge in [0.05, 0.1) is 19.6 Å². The molecule has 2 saturated heterocycles. The van der Waals surface area contributed by atoms with Crippen LogP contribution in [0.15, 0.2) is 42.5 Å². The Kier molecular flexibility index (Phi) is 7.74. The van der Waals surface area contributed by atoms with Crippen LogP contribution in [0.3, 0.4) is 0 Å². The van der Waals surface area contributed by atoms with Crippen LogP contribution in [0.25, 0.3) is 0 Å². The fourth-order valence-corrected chi connectivity index (χ4v) is 5.88. The standard InChI is InChI=1S/C31H34N4O6/c1-4-34-16-13-30(14-17-34,28(38)41-3)23-8-5-21(6-9-23)11-12-31(27(37)32-29(39)33-31)15-18-35-20-22-7-10-24(40-2)19-25(22)26(35)36/h5-10,19H,4,13-18,20H2,1-3H3,(H2,32,33,37,39). The second kappa shape index (κ2) is 11.3. The smallest absolute Gasteiger partial charge is 0.323 e. The first kappa shape index (κ1) is 28.2. The van der Waals surface area contributed by atoms with Gasteiger partial charge >= 0.3 is 12.0 Å². The molecular formula is C31H34N4O6. The van der Waals surface area contributed by atoms with Crippen molar-refractivity contribution in [2.45, 2.75) is 43.7 Å². The highest BCUT2D eigenvalue weighted by Crippen LogP contribution is 2.37. The molecule has 2 N–H and O–H groups in total. The summed E-state index contributed by atoms with van der Waals surface area (Å²) >= 11 is 0. The minimum absolute atomic E-state index is 0.117. The van der Waals surface area contributed by atoms with Crippen LogP contribution < -0.4 is 15.4 Å². The van der Waals surface area contributed by atoms with Gasteiger partial charge in [-0.1, -0.05) is 37.0 Å². The van der Waals surface area contributed by atoms with Crippen LogP contribution in [-0.2, 0) is 26.3 Å². The van der Waals surface area contributed by atoms with Crippen LogP contribution in [0.1, 0.15) is 53.2 Å². The molecule has 10 heteroatoms. The van der Waals surface area contributed by atoms with E-state index < -0.39 is 22.9 Å². The lowest BCUT2D eigenvalue weighted by Crippen LogP contribution is -2.48. The number of methoxy groups -OCH3 is 2. The number of ether oxygens (including phenoxy) is 2. The average molecular weight is 559 g/mol. The van der Waals surface area contributed by atoms with Crippen molar-refractivity contribution in [3.05, 3.63) is 64.7 Å². The predicted molar refractivity (Wildman–Crippen MR) is 150 cm³/mol. The van der Waals surface area contributed by atoms with E-state index in [4.69, 9.17) is 9.47 Å². The Labute approximate surface area is 239 Å². The molecule has 3 aliphatic heterocycles. The third kappa shape index (κ3) is 5.25. The van der Waals surface area contributed by atoms with Gasteiger partial charge in [0.25, 0.3) is 11.8 Å². The van der Waals surface area contributed by atoms with E-state index in [-0.39, 0.29) is 24.8 Å². The number of fused-ring (bicyclic) bond motifs is 1. The number of carbonyl (C=O) groups is 4. The summed E-state index contributed by atoms with van der Waals surface area (Å²) in [6.45, 7) is 5.28. The molecule has 0 aromatic heterocycles. The summed E-state index contributed by atoms with van der Waals surface area (Å²) in [5.74, 6) is 5.65. The van der Waals surface area contributed by atoms with Gasteiger partial charge in [-0.25, -0.2) is 4.79 Å². The second-order valence-electron chi connectivity index (χ2n) is 10.6. The van der Waals surface area contributed by atoms with Crippen molar-refractivity contribution in [1.82, 2.24) is 20.4 Å². The van der Waals surface area contributed by atoms with E-state index >= 15 is 0 Å². The molecule has 0 bridgehead atoms. The van der Waals surface area contributed by atoms with Gasteiger partial charge in [0, 0.05) is 30.6 Å². The van der Waals surface area contributed by atoms with E-state index in [9.17, 15) is 19.2 Å². The highest BCUT2D eigenvalue weighted by molar-refractivity contribution is 6.09. The molecule has 1 atom stereocenters. The number of nitrogens with zero attached hydrogens (tertiary/aromatic N) is 2. The van der Waals surface area contributed by atoms with Gasteiger partial charge < -0.3 is 24.6 Å². The zero-order valence-electron chi connectivity index (χ0n) is 23.5. The van der Waals surface area contributed by atoms with E-state index in [2.05, 4.69) is 34.3 Å². The Morgan fingerprint density at radius 2 is 1.78 bits per heavy atom. The minimum atomic E-state index is -1.48. The maximum absolute atomic E-state index is 13.0. The third-order valence-electron chi connectivity index (χ3n) is 8.48. The number of rotatable bonds is 7. The van der Waals surface area contributed by atoms with Crippen LogP contribution in [0, 0.1) is 11.8 Å². The summed E-state index contributed by atoms with van der Waals surface area (Å²) in [6, 6.07) is 12.1. The highest BCUT2D eigenvalue weighted by Gasteiger charge is 2.46. The molecule has 2 aromatic rings. The molecule has 2 fully saturated rings. The van der Waals surface area contributed by atoms with E-state index in [0.717, 1.165) is 30.8 Å². The monoisotopic (exact) mass is 558 g/mol. The first-order valence-electron chi connectivity index (χ1n) is 13.8. The number of esters is 1. The number of likely N-dealkylation sites (tertiary alicyclic amines) is 1. The molecule has 5 rings (SSSR count). The summed E-state index contributed by atoms with van der Waals surface area (Å²) in [5, 5.41) is 4.95. The molecule has 10 nitrogen and oxygen atoms in total. The van der Waals surface area contributed by atoms with Crippen LogP contribution in [0.2, 0.25) is 0 Å². The van der Waals surface area contributed by atoms with Gasteiger partial charge in [-0.15, -0.1) is 0 Å². The molecule has 3 aliphatic rings. The summed E-state index contributed by atoms with van der Waals surface area (Å²) in [5.41, 5.74) is 0.746. The van der Waals surface area contributed by atoms with Crippen molar-refractivity contribution in [3.63, 3.8) is 0 Å². The maximum Gasteiger partial charge on any atom is 0.323 e. The topological polar surface area (TPSA) is 117 Å². The Hall–Kier alpha value is -4.36. The summed E-state index contributed by atoms with van der Waals surface area (Å²) in [4.78, 5) is 54.9. The third-order valence-corrected chi connectivity index (χ3v) is 8.48. The molecule has 0 saturated carbocycles. The molecule has 0 spiro atoms. The largest absolute Gasteiger partial charge is 0.497 e. The lowest BCUT2D eigenvalue weighted by atomic mass is 9.72. The van der Waals surface area contributed by atoms with Gasteiger partial charge in [0.2, 0.25) is 0 Å². The lowest BCUT2D eigenvalue weighted by Gasteiger charge is -2.39. The highest BCUT2D eigenvalue weighted by atomic mass is 16.5. The zero-order chi connectivity index (χ0) is 29.2. The van der Waals surface area contributed by atoms with E-state index in [0.29, 0.717) is 36.3 Å². The summed E-state index contributed by atoms with van der Waals surface area (Å²) in [6.07, 6.45) is 1.45. The summed E-state index contributed by atoms with van der Waals surface area (Å²) in [7, 11) is 2.96. The molecule has 1 unspecified atom stereocenters. The van der Waals surface area contributed by atoms with Gasteiger partial charge in [-0.2, -0.15) is 0 Å². The van der Waals surface area contributed by atoms with Gasteiger partial charge in [0.15, 0.2) is 5.54 Å². The van der Waals surface area contributed by atoms with Crippen molar-refractivity contribution in [2.24, 2.45) is 0 Å². The predicted octanol–water partition coefficient (Wildman–Crippen LogP) is 2.20. The average Bonchev–Trinajstić information content (AvgIpc) is 3.48. The van der Waals surface area contributed by atoms with Crippen LogP contribution >= 0.6 is 0 Å². The number of amides is 4. The Morgan fingerprint density at radius 1 is 1.05 bits per heavy atom. The van der Waals surface area contributed by atoms with Crippen LogP contribution in [0.4, 0.5) is 4.79 Å². The van der Waals surface area contributed by atoms with E-state index in [1.165, 1.54) is 7.11 Å². The van der Waals surface area contributed by atoms with Gasteiger partial charge in [-0.3, -0.25) is 19.7 Å². The van der Waals surface area contributed by atoms with Crippen molar-refractivity contribution in [2.75, 3.05) is 40.4 Å². The number of nitrogens with one attached hydrogen (secondary N) is 2. The Morgan fingerprint density at radius 3 is 2.39 bits per heavy atom. The van der Waals surface area contributed by atoms with Crippen LogP contribution in [0.5, 0.6) is 5.75 Å². The minimum Gasteiger partial charge on any atom is -0.497 e. The van der Waals surface area contributed by atoms with Gasteiger partial charge in [0.1, 0.15) is 5.75 Å². The van der Waals surface area contributed by atoms with Crippen molar-refractivity contribution in [3.8, 4) is 17.6 Å². The Balaban J connectivity index is 1.34. The number of piperidine rings is 1. The van der Waals surface area contributed by atoms with Crippen molar-refractivity contribution >= 4 is 23.8 Å². The zero-order valence-corrected chi connectivity index (χ0v) is 23.5. The molecule has 214 valence electrons. The normalized spacial score (nSPS) is 21.4. The molecule has 0 aliphatic carbocycles. The number of imide groups is 1. The molecule has 4 amide bonds. The quantitative estimate of drug-likeness (QED) is 0.304. The van der Waals surface area contributed by atoms with Crippen molar-refractivity contribution in [1.29, 1.82) is 0 Å². The maximum atomic E-state index is 13.0. The molecule has 2 aromatic carbocycles. The Bertz CT molecular complexity index is 1430. The number of hydrogen-bond acceptors (Lipinski definition) is 7. The second-order valence-corrected chi connectivity index (χ2v) is 10.6. The first-order chi connectivity index (χ1) is 19.7. The molecular weight excluding hydrogens is 524 g/mol. The fraction of sp³-hybridized carbons (Fsp3) is 0.419. The van der Waals surface area contributed by atoms with E-state index in [1.54, 1.807) is 24.1 Å². The van der Waals surface area contributed by atoms with Crippen LogP contribution in [-0.4, -0.2) is 79.6 Å². The lowest BCUT2D eigenvalue weighted by molar-refractivity contribution is -0.149.